The van der Waals surface area contributed by atoms with Crippen LogP contribution in [0.2, 0.25) is 0 Å². The number of hydrogen-bond donors (Lipinski definition) is 12. The predicted octanol–water partition coefficient (Wildman–Crippen LogP) is -7.99. The molecule has 3 aliphatic rings. The SMILES string of the molecule is O=[Si]=O.OC[C@H]1OC(O[C@H]2[C@H](O)[C@@H](O)C(O[C@H]3[C@H](O)[C@@H](O)[C@@H](O)O[C@@H]3CO)O[C@@H]2CO)[C@H](O)[C@@H](O)[C@@H]1O.[CH2]CCO. The fourth-order valence-corrected chi connectivity index (χ4v) is 4.06. The Bertz CT molecular complexity index is 752. The van der Waals surface area contributed by atoms with E-state index in [2.05, 4.69) is 6.92 Å². The lowest BCUT2D eigenvalue weighted by Crippen LogP contribution is -2.66. The van der Waals surface area contributed by atoms with Gasteiger partial charge in [0.2, 0.25) is 0 Å². The van der Waals surface area contributed by atoms with E-state index in [4.69, 9.17) is 37.7 Å². The van der Waals surface area contributed by atoms with Gasteiger partial charge in [0.15, 0.2) is 18.9 Å². The minimum atomic E-state index is -1.91. The number of ether oxygens (including phenoxy) is 5. The first kappa shape index (κ1) is 38.2. The normalized spacial score (nSPS) is 44.5. The summed E-state index contributed by atoms with van der Waals surface area (Å²) >= 11 is 0. The summed E-state index contributed by atoms with van der Waals surface area (Å²) < 4.78 is 43.2. The molecule has 15 atom stereocenters. The highest BCUT2D eigenvalue weighted by Crippen LogP contribution is 2.32. The van der Waals surface area contributed by atoms with Crippen molar-refractivity contribution >= 4 is 9.29 Å². The lowest BCUT2D eigenvalue weighted by Gasteiger charge is -2.47. The third kappa shape index (κ3) is 9.82. The lowest BCUT2D eigenvalue weighted by atomic mass is 9.96. The van der Waals surface area contributed by atoms with Crippen molar-refractivity contribution in [1.29, 1.82) is 0 Å². The lowest BCUT2D eigenvalue weighted by molar-refractivity contribution is -0.377. The van der Waals surface area contributed by atoms with Gasteiger partial charge in [-0.3, -0.25) is 8.92 Å². The van der Waals surface area contributed by atoms with Crippen LogP contribution in [0.4, 0.5) is 0 Å². The summed E-state index contributed by atoms with van der Waals surface area (Å²) in [5.74, 6) is 0. The van der Waals surface area contributed by atoms with Crippen LogP contribution in [0.1, 0.15) is 6.42 Å². The molecule has 0 aromatic rings. The molecule has 3 heterocycles. The van der Waals surface area contributed by atoms with Crippen LogP contribution in [-0.4, -0.2) is 189 Å². The highest BCUT2D eigenvalue weighted by atomic mass is 28.2. The maximum Gasteiger partial charge on any atom is 0.549 e. The minimum Gasteiger partial charge on any atom is -0.396 e. The average Bonchev–Trinajstić information content (AvgIpc) is 2.97. The number of hydrogen-bond acceptors (Lipinski definition) is 19. The van der Waals surface area contributed by atoms with Gasteiger partial charge in [0.05, 0.1) is 19.8 Å². The maximum atomic E-state index is 10.6. The largest absolute Gasteiger partial charge is 0.549 e. The molecule has 3 aliphatic heterocycles. The second kappa shape index (κ2) is 18.7. The van der Waals surface area contributed by atoms with Crippen molar-refractivity contribution in [3.8, 4) is 0 Å². The van der Waals surface area contributed by atoms with Crippen molar-refractivity contribution in [1.82, 2.24) is 0 Å². The quantitative estimate of drug-likeness (QED) is 0.112. The molecular weight excluding hydrogens is 584 g/mol. The number of aliphatic hydroxyl groups is 12. The highest BCUT2D eigenvalue weighted by molar-refractivity contribution is 5.94. The van der Waals surface area contributed by atoms with Gasteiger partial charge in [0.25, 0.3) is 0 Å². The molecule has 20 heteroatoms. The second-order valence-electron chi connectivity index (χ2n) is 8.99. The van der Waals surface area contributed by atoms with Gasteiger partial charge in [-0.2, -0.15) is 0 Å². The van der Waals surface area contributed by atoms with Gasteiger partial charge < -0.3 is 85.0 Å². The molecule has 241 valence electrons. The van der Waals surface area contributed by atoms with Crippen LogP contribution >= 0.6 is 0 Å². The molecule has 19 nitrogen and oxygen atoms in total. The molecule has 3 saturated heterocycles. The van der Waals surface area contributed by atoms with Crippen LogP contribution in [0.3, 0.4) is 0 Å². The first-order chi connectivity index (χ1) is 19.4. The summed E-state index contributed by atoms with van der Waals surface area (Å²) in [4.78, 5) is 0. The molecule has 0 spiro atoms. The van der Waals surface area contributed by atoms with Crippen LogP contribution in [0.5, 0.6) is 0 Å². The summed E-state index contributed by atoms with van der Waals surface area (Å²) in [6.45, 7) is 1.24. The van der Waals surface area contributed by atoms with E-state index in [0.29, 0.717) is 6.42 Å². The Morgan fingerprint density at radius 3 is 1.34 bits per heavy atom. The second-order valence-corrected chi connectivity index (χ2v) is 9.16. The van der Waals surface area contributed by atoms with E-state index in [1.807, 2.05) is 0 Å². The third-order valence-electron chi connectivity index (χ3n) is 6.25. The van der Waals surface area contributed by atoms with Crippen molar-refractivity contribution in [2.24, 2.45) is 0 Å². The van der Waals surface area contributed by atoms with E-state index >= 15 is 0 Å². The first-order valence-corrected chi connectivity index (χ1v) is 13.1. The van der Waals surface area contributed by atoms with Gasteiger partial charge in [0.1, 0.15) is 73.2 Å². The zero-order valence-corrected chi connectivity index (χ0v) is 22.6. The molecule has 0 amide bonds. The van der Waals surface area contributed by atoms with Crippen molar-refractivity contribution < 1.29 is 93.9 Å². The monoisotopic (exact) mass is 623 g/mol. The molecule has 2 unspecified atom stereocenters. The summed E-state index contributed by atoms with van der Waals surface area (Å²) in [5.41, 5.74) is 0. The number of aliphatic hydroxyl groups excluding tert-OH is 12. The van der Waals surface area contributed by atoms with Gasteiger partial charge >= 0.3 is 9.29 Å². The van der Waals surface area contributed by atoms with Crippen LogP contribution in [-0.2, 0) is 32.6 Å². The van der Waals surface area contributed by atoms with E-state index in [1.54, 1.807) is 0 Å². The molecule has 41 heavy (non-hydrogen) atoms. The third-order valence-corrected chi connectivity index (χ3v) is 6.25. The van der Waals surface area contributed by atoms with Crippen LogP contribution in [0, 0.1) is 6.92 Å². The molecule has 0 aromatic heterocycles. The van der Waals surface area contributed by atoms with Crippen molar-refractivity contribution in [2.45, 2.75) is 98.5 Å². The molecule has 0 aliphatic carbocycles. The smallest absolute Gasteiger partial charge is 0.396 e. The molecule has 3 rings (SSSR count). The Kier molecular flexibility index (Phi) is 17.4. The van der Waals surface area contributed by atoms with Gasteiger partial charge in [-0.15, -0.1) is 0 Å². The fourth-order valence-electron chi connectivity index (χ4n) is 4.06. The molecule has 3 fully saturated rings. The zero-order valence-electron chi connectivity index (χ0n) is 21.6. The Labute approximate surface area is 235 Å². The van der Waals surface area contributed by atoms with Gasteiger partial charge in [-0.05, 0) is 6.42 Å². The maximum absolute atomic E-state index is 10.6. The van der Waals surface area contributed by atoms with Crippen molar-refractivity contribution in [3.05, 3.63) is 6.92 Å². The first-order valence-electron chi connectivity index (χ1n) is 12.3. The summed E-state index contributed by atoms with van der Waals surface area (Å²) in [7, 11) is -1.42. The minimum absolute atomic E-state index is 0.208. The Morgan fingerprint density at radius 2 is 0.927 bits per heavy atom. The van der Waals surface area contributed by atoms with Crippen LogP contribution in [0.15, 0.2) is 0 Å². The zero-order chi connectivity index (χ0) is 31.4. The van der Waals surface area contributed by atoms with E-state index in [9.17, 15) is 56.2 Å². The van der Waals surface area contributed by atoms with Crippen molar-refractivity contribution in [3.63, 3.8) is 0 Å². The Hall–Kier alpha value is -0.863. The molecule has 0 bridgehead atoms. The van der Waals surface area contributed by atoms with Crippen molar-refractivity contribution in [2.75, 3.05) is 26.4 Å². The summed E-state index contributed by atoms with van der Waals surface area (Å²) in [5, 5.41) is 117. The fraction of sp³-hybridized carbons (Fsp3) is 0.952. The van der Waals surface area contributed by atoms with Crippen LogP contribution < -0.4 is 0 Å². The van der Waals surface area contributed by atoms with Gasteiger partial charge in [-0.25, -0.2) is 0 Å². The highest BCUT2D eigenvalue weighted by Gasteiger charge is 2.53. The van der Waals surface area contributed by atoms with Crippen LogP contribution in [0.25, 0.3) is 0 Å². The molecule has 0 saturated carbocycles. The van der Waals surface area contributed by atoms with Gasteiger partial charge in [-0.1, -0.05) is 6.92 Å². The van der Waals surface area contributed by atoms with Gasteiger partial charge in [0, 0.05) is 6.61 Å². The molecule has 1 radical (unpaired) electrons. The molecule has 12 N–H and O–H groups in total. The van der Waals surface area contributed by atoms with E-state index < -0.39 is 121 Å². The topological polar surface area (TPSA) is 323 Å². The Balaban J connectivity index is 0.00000108. The number of rotatable bonds is 8. The average molecular weight is 624 g/mol. The molecule has 0 aromatic carbocycles. The summed E-state index contributed by atoms with van der Waals surface area (Å²) in [6.07, 6.45) is -24.5. The van der Waals surface area contributed by atoms with E-state index in [-0.39, 0.29) is 6.61 Å². The summed E-state index contributed by atoms with van der Waals surface area (Å²) in [6, 6.07) is 0. The van der Waals surface area contributed by atoms with E-state index in [1.165, 1.54) is 0 Å². The predicted molar refractivity (Wildman–Crippen MR) is 125 cm³/mol. The molecular formula is C21H39O19Si. The standard InChI is InChI=1S/C18H32O16.C3H7O.O2Si/c19-1-4-7(22)8(23)12(27)17(31-4)34-15-6(3-21)32-18(13(28)10(15)25)33-14-5(2-20)30-16(29)11(26)9(14)24;1-2-3-4;1-3-2/h4-29H,1-3H2;4H,1-3H2;/t4-,5-,6-,7-,8+,9-,10-,11-,12-,13-,14-,15-,16+,17?,18?;;/m1../s1. The van der Waals surface area contributed by atoms with E-state index in [0.717, 1.165) is 0 Å². The Morgan fingerprint density at radius 1 is 0.561 bits per heavy atom.